The van der Waals surface area contributed by atoms with Crippen LogP contribution in [0.5, 0.6) is 0 Å². The average molecular weight is 274 g/mol. The molecule has 5 nitrogen and oxygen atoms in total. The van der Waals surface area contributed by atoms with Gasteiger partial charge in [-0.15, -0.1) is 0 Å². The summed E-state index contributed by atoms with van der Waals surface area (Å²) in [5, 5.41) is 9.06. The lowest BCUT2D eigenvalue weighted by molar-refractivity contribution is -0.128. The van der Waals surface area contributed by atoms with Crippen molar-refractivity contribution in [3.8, 4) is 0 Å². The van der Waals surface area contributed by atoms with E-state index in [0.29, 0.717) is 6.54 Å². The van der Waals surface area contributed by atoms with E-state index in [-0.39, 0.29) is 11.5 Å². The fraction of sp³-hybridized carbons (Fsp3) is 0.467. The molecule has 1 N–H and O–H groups in total. The number of rotatable bonds is 3. The summed E-state index contributed by atoms with van der Waals surface area (Å²) in [7, 11) is 0. The molecule has 1 fully saturated rings. The predicted molar refractivity (Wildman–Crippen MR) is 75.1 cm³/mol. The van der Waals surface area contributed by atoms with Gasteiger partial charge in [-0.05, 0) is 37.0 Å². The van der Waals surface area contributed by atoms with E-state index in [1.165, 1.54) is 0 Å². The van der Waals surface area contributed by atoms with Crippen LogP contribution in [0.1, 0.15) is 28.8 Å². The van der Waals surface area contributed by atoms with Crippen LogP contribution in [0.25, 0.3) is 0 Å². The van der Waals surface area contributed by atoms with Crippen LogP contribution in [0.2, 0.25) is 0 Å². The highest BCUT2D eigenvalue weighted by Crippen LogP contribution is 2.29. The number of carbonyl (C=O) groups is 2. The van der Waals surface area contributed by atoms with Crippen LogP contribution in [0, 0.1) is 0 Å². The standard InChI is InChI=1S/C15H18N2O3/c18-14(16-6-1-2-7-16)10-17-8-5-11-3-4-12(15(19)20)9-13(11)17/h3-4,9H,1-2,5-8,10H2,(H,19,20). The second-order valence-electron chi connectivity index (χ2n) is 5.41. The van der Waals surface area contributed by atoms with Gasteiger partial charge in [0.2, 0.25) is 5.91 Å². The molecule has 2 heterocycles. The van der Waals surface area contributed by atoms with Crippen LogP contribution in [0.15, 0.2) is 18.2 Å². The third-order valence-electron chi connectivity index (χ3n) is 4.11. The van der Waals surface area contributed by atoms with Gasteiger partial charge in [-0.25, -0.2) is 4.79 Å². The number of amides is 1. The number of hydrogen-bond acceptors (Lipinski definition) is 3. The molecule has 0 unspecified atom stereocenters. The highest BCUT2D eigenvalue weighted by atomic mass is 16.4. The summed E-state index contributed by atoms with van der Waals surface area (Å²) in [5.41, 5.74) is 2.31. The molecule has 0 spiro atoms. The number of nitrogens with zero attached hydrogens (tertiary/aromatic N) is 2. The molecule has 1 aromatic rings. The highest BCUT2D eigenvalue weighted by Gasteiger charge is 2.25. The van der Waals surface area contributed by atoms with Crippen molar-refractivity contribution >= 4 is 17.6 Å². The Morgan fingerprint density at radius 1 is 1.15 bits per heavy atom. The maximum atomic E-state index is 12.2. The van der Waals surface area contributed by atoms with Crippen LogP contribution in [0.4, 0.5) is 5.69 Å². The summed E-state index contributed by atoms with van der Waals surface area (Å²) in [4.78, 5) is 27.1. The second kappa shape index (κ2) is 5.15. The van der Waals surface area contributed by atoms with E-state index in [1.807, 2.05) is 15.9 Å². The van der Waals surface area contributed by atoms with Crippen molar-refractivity contribution in [3.63, 3.8) is 0 Å². The minimum absolute atomic E-state index is 0.149. The topological polar surface area (TPSA) is 60.9 Å². The number of benzene rings is 1. The van der Waals surface area contributed by atoms with E-state index in [2.05, 4.69) is 0 Å². The van der Waals surface area contributed by atoms with Crippen LogP contribution >= 0.6 is 0 Å². The summed E-state index contributed by atoms with van der Waals surface area (Å²) >= 11 is 0. The zero-order chi connectivity index (χ0) is 14.1. The highest BCUT2D eigenvalue weighted by molar-refractivity contribution is 5.90. The number of fused-ring (bicyclic) bond motifs is 1. The van der Waals surface area contributed by atoms with Gasteiger partial charge < -0.3 is 14.9 Å². The Labute approximate surface area is 117 Å². The van der Waals surface area contributed by atoms with Gasteiger partial charge in [-0.3, -0.25) is 4.79 Å². The van der Waals surface area contributed by atoms with Crippen molar-refractivity contribution in [2.24, 2.45) is 0 Å². The first-order valence-electron chi connectivity index (χ1n) is 7.04. The molecule has 0 bridgehead atoms. The van der Waals surface area contributed by atoms with E-state index >= 15 is 0 Å². The number of aromatic carboxylic acids is 1. The lowest BCUT2D eigenvalue weighted by Gasteiger charge is -2.23. The first kappa shape index (κ1) is 13.0. The maximum absolute atomic E-state index is 12.2. The normalized spacial score (nSPS) is 17.4. The Balaban J connectivity index is 1.76. The van der Waals surface area contributed by atoms with Crippen molar-refractivity contribution < 1.29 is 14.7 Å². The fourth-order valence-electron chi connectivity index (χ4n) is 2.97. The van der Waals surface area contributed by atoms with Gasteiger partial charge in [0.05, 0.1) is 12.1 Å². The van der Waals surface area contributed by atoms with Gasteiger partial charge in [-0.2, -0.15) is 0 Å². The molecular weight excluding hydrogens is 256 g/mol. The van der Waals surface area contributed by atoms with Crippen molar-refractivity contribution in [2.75, 3.05) is 31.1 Å². The van der Waals surface area contributed by atoms with Gasteiger partial charge in [0.1, 0.15) is 0 Å². The molecule has 0 saturated carbocycles. The number of carboxylic acid groups (broad SMARTS) is 1. The van der Waals surface area contributed by atoms with Gasteiger partial charge in [-0.1, -0.05) is 6.07 Å². The molecule has 0 aliphatic carbocycles. The van der Waals surface area contributed by atoms with Crippen LogP contribution in [-0.4, -0.2) is 48.1 Å². The Morgan fingerprint density at radius 2 is 1.90 bits per heavy atom. The Morgan fingerprint density at radius 3 is 2.60 bits per heavy atom. The maximum Gasteiger partial charge on any atom is 0.335 e. The zero-order valence-electron chi connectivity index (χ0n) is 11.3. The first-order valence-corrected chi connectivity index (χ1v) is 7.04. The molecule has 2 aliphatic rings. The van der Waals surface area contributed by atoms with Crippen molar-refractivity contribution in [3.05, 3.63) is 29.3 Å². The van der Waals surface area contributed by atoms with Gasteiger partial charge in [0.25, 0.3) is 0 Å². The fourth-order valence-corrected chi connectivity index (χ4v) is 2.97. The summed E-state index contributed by atoms with van der Waals surface area (Å²) in [6.07, 6.45) is 3.06. The molecule has 1 amide bonds. The second-order valence-corrected chi connectivity index (χ2v) is 5.41. The molecule has 5 heteroatoms. The van der Waals surface area contributed by atoms with Gasteiger partial charge >= 0.3 is 5.97 Å². The van der Waals surface area contributed by atoms with Gasteiger partial charge in [0, 0.05) is 25.3 Å². The van der Waals surface area contributed by atoms with Crippen LogP contribution in [-0.2, 0) is 11.2 Å². The molecule has 0 atom stereocenters. The molecule has 2 aliphatic heterocycles. The van der Waals surface area contributed by atoms with Crippen LogP contribution in [0.3, 0.4) is 0 Å². The van der Waals surface area contributed by atoms with Crippen molar-refractivity contribution in [1.82, 2.24) is 4.90 Å². The van der Waals surface area contributed by atoms with E-state index in [0.717, 1.165) is 50.1 Å². The third-order valence-corrected chi connectivity index (χ3v) is 4.11. The zero-order valence-corrected chi connectivity index (χ0v) is 11.3. The molecule has 0 aromatic heterocycles. The molecule has 0 radical (unpaired) electrons. The van der Waals surface area contributed by atoms with Crippen molar-refractivity contribution in [1.29, 1.82) is 0 Å². The lowest BCUT2D eigenvalue weighted by Crippen LogP contribution is -2.38. The molecule has 1 aromatic carbocycles. The number of carbonyl (C=O) groups excluding carboxylic acids is 1. The van der Waals surface area contributed by atoms with Gasteiger partial charge in [0.15, 0.2) is 0 Å². The minimum Gasteiger partial charge on any atom is -0.478 e. The largest absolute Gasteiger partial charge is 0.478 e. The molecular formula is C15H18N2O3. The average Bonchev–Trinajstić information content (AvgIpc) is 3.08. The minimum atomic E-state index is -0.925. The Hall–Kier alpha value is -2.04. The molecule has 20 heavy (non-hydrogen) atoms. The monoisotopic (exact) mass is 274 g/mol. The Bertz CT molecular complexity index is 550. The first-order chi connectivity index (χ1) is 9.65. The predicted octanol–water partition coefficient (Wildman–Crippen LogP) is 1.37. The van der Waals surface area contributed by atoms with E-state index in [1.54, 1.807) is 12.1 Å². The summed E-state index contributed by atoms with van der Waals surface area (Å²) < 4.78 is 0. The number of likely N-dealkylation sites (tertiary alicyclic amines) is 1. The lowest BCUT2D eigenvalue weighted by atomic mass is 10.1. The summed E-state index contributed by atoms with van der Waals surface area (Å²) in [6, 6.07) is 5.17. The van der Waals surface area contributed by atoms with Crippen LogP contribution < -0.4 is 4.90 Å². The number of hydrogen-bond donors (Lipinski definition) is 1. The summed E-state index contributed by atoms with van der Waals surface area (Å²) in [5.74, 6) is -0.776. The van der Waals surface area contributed by atoms with E-state index in [4.69, 9.17) is 5.11 Å². The number of carboxylic acids is 1. The van der Waals surface area contributed by atoms with E-state index in [9.17, 15) is 9.59 Å². The summed E-state index contributed by atoms with van der Waals surface area (Å²) in [6.45, 7) is 2.86. The third kappa shape index (κ3) is 2.35. The smallest absolute Gasteiger partial charge is 0.335 e. The quantitative estimate of drug-likeness (QED) is 0.904. The van der Waals surface area contributed by atoms with E-state index < -0.39 is 5.97 Å². The van der Waals surface area contributed by atoms with Crippen molar-refractivity contribution in [2.45, 2.75) is 19.3 Å². The number of anilines is 1. The Kier molecular flexibility index (Phi) is 3.34. The molecule has 3 rings (SSSR count). The molecule has 106 valence electrons. The molecule has 1 saturated heterocycles. The SMILES string of the molecule is O=C(O)c1ccc2c(c1)N(CC(=O)N1CCCC1)CC2.